The number of fused-ring (bicyclic) bond motifs is 1. The highest BCUT2D eigenvalue weighted by Gasteiger charge is 2.22. The van der Waals surface area contributed by atoms with E-state index < -0.39 is 16.7 Å². The van der Waals surface area contributed by atoms with E-state index in [4.69, 9.17) is 14.2 Å². The average molecular weight is 399 g/mol. The van der Waals surface area contributed by atoms with Crippen LogP contribution in [-0.4, -0.2) is 30.1 Å². The molecule has 0 saturated heterocycles. The van der Waals surface area contributed by atoms with E-state index >= 15 is 0 Å². The van der Waals surface area contributed by atoms with Crippen LogP contribution in [0.15, 0.2) is 42.5 Å². The van der Waals surface area contributed by atoms with Crippen LogP contribution in [0.5, 0.6) is 17.2 Å². The first-order chi connectivity index (χ1) is 13.9. The fourth-order valence-electron chi connectivity index (χ4n) is 2.47. The van der Waals surface area contributed by atoms with E-state index in [2.05, 4.69) is 10.9 Å². The molecule has 1 aliphatic rings. The van der Waals surface area contributed by atoms with Crippen LogP contribution in [0.4, 0.5) is 5.69 Å². The van der Waals surface area contributed by atoms with Crippen molar-refractivity contribution in [3.05, 3.63) is 63.7 Å². The minimum atomic E-state index is -0.679. The molecule has 10 nitrogen and oxygen atoms in total. The van der Waals surface area contributed by atoms with Gasteiger partial charge in [0.25, 0.3) is 17.5 Å². The molecule has 150 valence electrons. The molecule has 0 unspecified atom stereocenters. The number of rotatable bonds is 6. The van der Waals surface area contributed by atoms with Gasteiger partial charge in [-0.3, -0.25) is 30.6 Å². The molecule has 3 rings (SSSR count). The zero-order valence-electron chi connectivity index (χ0n) is 15.3. The van der Waals surface area contributed by atoms with Gasteiger partial charge in [0.05, 0.1) is 16.6 Å². The molecule has 2 amide bonds. The van der Waals surface area contributed by atoms with Crippen molar-refractivity contribution in [2.24, 2.45) is 0 Å². The van der Waals surface area contributed by atoms with Gasteiger partial charge in [-0.2, -0.15) is 0 Å². The second-order valence-corrected chi connectivity index (χ2v) is 5.95. The van der Waals surface area contributed by atoms with E-state index in [1.54, 1.807) is 12.1 Å². The maximum absolute atomic E-state index is 11.9. The molecule has 10 heteroatoms. The Balaban J connectivity index is 1.54. The lowest BCUT2D eigenvalue weighted by Gasteiger charge is -2.09. The zero-order chi connectivity index (χ0) is 20.8. The van der Waals surface area contributed by atoms with Gasteiger partial charge in [0.2, 0.25) is 6.79 Å². The number of hydrogen-bond donors (Lipinski definition) is 2. The monoisotopic (exact) mass is 399 g/mol. The van der Waals surface area contributed by atoms with Crippen LogP contribution < -0.4 is 25.1 Å². The molecule has 29 heavy (non-hydrogen) atoms. The third-order valence-corrected chi connectivity index (χ3v) is 3.91. The summed E-state index contributed by atoms with van der Waals surface area (Å²) in [6, 6.07) is 9.82. The van der Waals surface area contributed by atoms with Gasteiger partial charge in [0, 0.05) is 6.08 Å². The number of hydrazine groups is 1. The van der Waals surface area contributed by atoms with Crippen LogP contribution in [0, 0.1) is 17.0 Å². The van der Waals surface area contributed by atoms with Gasteiger partial charge >= 0.3 is 0 Å². The molecule has 2 aromatic carbocycles. The van der Waals surface area contributed by atoms with Crippen LogP contribution in [0.1, 0.15) is 11.1 Å². The summed E-state index contributed by atoms with van der Waals surface area (Å²) in [6.45, 7) is 1.52. The van der Waals surface area contributed by atoms with Gasteiger partial charge in [-0.15, -0.1) is 0 Å². The summed E-state index contributed by atoms with van der Waals surface area (Å²) >= 11 is 0. The first-order valence-electron chi connectivity index (χ1n) is 8.47. The molecule has 0 saturated carbocycles. The molecule has 1 aliphatic heterocycles. The Labute approximate surface area is 165 Å². The number of nitrogens with zero attached hydrogens (tertiary/aromatic N) is 1. The van der Waals surface area contributed by atoms with E-state index in [9.17, 15) is 19.7 Å². The normalized spacial score (nSPS) is 11.9. The van der Waals surface area contributed by atoms with Gasteiger partial charge in [0.15, 0.2) is 18.1 Å². The molecule has 0 fully saturated rings. The lowest BCUT2D eigenvalue weighted by Crippen LogP contribution is -2.43. The van der Waals surface area contributed by atoms with Gasteiger partial charge in [-0.1, -0.05) is 18.2 Å². The minimum absolute atomic E-state index is 0.0310. The number of nitro benzene ring substituents is 1. The minimum Gasteiger partial charge on any atom is -0.483 e. The Hall–Kier alpha value is -4.08. The standard InChI is InChI=1S/C19H17N3O7/c1-12-4-2-3-5-15(12)27-10-19(24)21-20-18(23)7-6-13-8-16-17(29-11-28-16)9-14(13)22(25)26/h2-9H,10-11H2,1H3,(H,20,23)(H,21,24)/b7-6+. The molecule has 0 aromatic heterocycles. The number of carbonyl (C=O) groups excluding carboxylic acids is 2. The Morgan fingerprint density at radius 2 is 1.93 bits per heavy atom. The third-order valence-electron chi connectivity index (χ3n) is 3.91. The predicted molar refractivity (Wildman–Crippen MR) is 101 cm³/mol. The molecule has 2 N–H and O–H groups in total. The molecule has 0 bridgehead atoms. The summed E-state index contributed by atoms with van der Waals surface area (Å²) < 4.78 is 15.7. The quantitative estimate of drug-likeness (QED) is 0.431. The molecule has 0 aliphatic carbocycles. The summed E-state index contributed by atoms with van der Waals surface area (Å²) in [6.07, 6.45) is 2.29. The van der Waals surface area contributed by atoms with Crippen LogP contribution in [0.2, 0.25) is 0 Å². The number of para-hydroxylation sites is 1. The summed E-state index contributed by atoms with van der Waals surface area (Å²) in [7, 11) is 0. The van der Waals surface area contributed by atoms with Crippen LogP contribution in [0.25, 0.3) is 6.08 Å². The summed E-state index contributed by atoms with van der Waals surface area (Å²) in [4.78, 5) is 34.3. The van der Waals surface area contributed by atoms with Crippen molar-refractivity contribution in [3.8, 4) is 17.2 Å². The van der Waals surface area contributed by atoms with Gasteiger partial charge in [0.1, 0.15) is 5.75 Å². The summed E-state index contributed by atoms with van der Waals surface area (Å²) in [5.74, 6) is -0.0780. The first-order valence-corrected chi connectivity index (χ1v) is 8.47. The van der Waals surface area contributed by atoms with Crippen LogP contribution in [0.3, 0.4) is 0 Å². The Kier molecular flexibility index (Phi) is 5.93. The van der Waals surface area contributed by atoms with Crippen molar-refractivity contribution in [2.75, 3.05) is 13.4 Å². The molecule has 0 spiro atoms. The predicted octanol–water partition coefficient (Wildman–Crippen LogP) is 1.87. The number of aryl methyl sites for hydroxylation is 1. The summed E-state index contributed by atoms with van der Waals surface area (Å²) in [5, 5.41) is 11.2. The topological polar surface area (TPSA) is 129 Å². The average Bonchev–Trinajstić information content (AvgIpc) is 3.16. The van der Waals surface area contributed by atoms with Crippen LogP contribution in [-0.2, 0) is 9.59 Å². The van der Waals surface area contributed by atoms with E-state index in [1.165, 1.54) is 18.2 Å². The molecule has 1 heterocycles. The van der Waals surface area contributed by atoms with Crippen molar-refractivity contribution in [1.82, 2.24) is 10.9 Å². The maximum Gasteiger partial charge on any atom is 0.280 e. The number of ether oxygens (including phenoxy) is 3. The van der Waals surface area contributed by atoms with Gasteiger partial charge in [-0.05, 0) is 30.7 Å². The second kappa shape index (κ2) is 8.74. The first kappa shape index (κ1) is 19.7. The maximum atomic E-state index is 11.9. The van der Waals surface area contributed by atoms with E-state index in [1.807, 2.05) is 19.1 Å². The lowest BCUT2D eigenvalue weighted by atomic mass is 10.1. The highest BCUT2D eigenvalue weighted by atomic mass is 16.7. The number of carbonyl (C=O) groups is 2. The third kappa shape index (κ3) is 5.01. The second-order valence-electron chi connectivity index (χ2n) is 5.95. The fourth-order valence-corrected chi connectivity index (χ4v) is 2.47. The number of benzene rings is 2. The van der Waals surface area contributed by atoms with Gasteiger partial charge in [-0.25, -0.2) is 0 Å². The largest absolute Gasteiger partial charge is 0.483 e. The Bertz CT molecular complexity index is 988. The molecular weight excluding hydrogens is 382 g/mol. The zero-order valence-corrected chi connectivity index (χ0v) is 15.3. The van der Waals surface area contributed by atoms with Crippen molar-refractivity contribution < 1.29 is 28.7 Å². The van der Waals surface area contributed by atoms with Crippen molar-refractivity contribution in [3.63, 3.8) is 0 Å². The van der Waals surface area contributed by atoms with E-state index in [-0.39, 0.29) is 30.4 Å². The van der Waals surface area contributed by atoms with Crippen molar-refractivity contribution in [1.29, 1.82) is 0 Å². The molecular formula is C19H17N3O7. The molecule has 0 atom stereocenters. The fraction of sp³-hybridized carbons (Fsp3) is 0.158. The van der Waals surface area contributed by atoms with Crippen molar-refractivity contribution >= 4 is 23.6 Å². The van der Waals surface area contributed by atoms with E-state index in [0.29, 0.717) is 11.5 Å². The summed E-state index contributed by atoms with van der Waals surface area (Å²) in [5.41, 5.74) is 5.15. The van der Waals surface area contributed by atoms with Gasteiger partial charge < -0.3 is 14.2 Å². The van der Waals surface area contributed by atoms with Crippen LogP contribution >= 0.6 is 0 Å². The SMILES string of the molecule is Cc1ccccc1OCC(=O)NNC(=O)/C=C/c1cc2c(cc1[N+](=O)[O-])OCO2. The Morgan fingerprint density at radius 3 is 2.66 bits per heavy atom. The van der Waals surface area contributed by atoms with E-state index in [0.717, 1.165) is 11.6 Å². The number of nitrogens with one attached hydrogen (secondary N) is 2. The highest BCUT2D eigenvalue weighted by molar-refractivity contribution is 5.94. The number of nitro groups is 1. The lowest BCUT2D eigenvalue weighted by molar-refractivity contribution is -0.385. The number of amides is 2. The number of hydrogen-bond acceptors (Lipinski definition) is 7. The smallest absolute Gasteiger partial charge is 0.280 e. The molecule has 2 aromatic rings. The van der Waals surface area contributed by atoms with Crippen molar-refractivity contribution in [2.45, 2.75) is 6.92 Å². The highest BCUT2D eigenvalue weighted by Crippen LogP contribution is 2.38. The Morgan fingerprint density at radius 1 is 1.21 bits per heavy atom. The molecule has 0 radical (unpaired) electrons.